The van der Waals surface area contributed by atoms with Crippen molar-refractivity contribution in [3.8, 4) is 5.69 Å². The lowest BCUT2D eigenvalue weighted by molar-refractivity contribution is 0.0748. The van der Waals surface area contributed by atoms with Crippen LogP contribution in [0.2, 0.25) is 0 Å². The van der Waals surface area contributed by atoms with E-state index in [0.717, 1.165) is 17.1 Å². The monoisotopic (exact) mass is 322 g/mol. The minimum Gasteiger partial charge on any atom is -0.338 e. The van der Waals surface area contributed by atoms with Crippen molar-refractivity contribution in [1.29, 1.82) is 0 Å². The predicted molar refractivity (Wildman–Crippen MR) is 90.9 cm³/mol. The molecule has 0 aliphatic rings. The van der Waals surface area contributed by atoms with E-state index in [2.05, 4.69) is 5.10 Å². The molecule has 1 atom stereocenters. The molecule has 1 amide bonds. The highest BCUT2D eigenvalue weighted by molar-refractivity contribution is 5.94. The fourth-order valence-corrected chi connectivity index (χ4v) is 2.20. The third-order valence-electron chi connectivity index (χ3n) is 3.69. The minimum absolute atomic E-state index is 0. The number of rotatable bonds is 4. The van der Waals surface area contributed by atoms with E-state index < -0.39 is 0 Å². The second kappa shape index (κ2) is 7.42. The lowest BCUT2D eigenvalue weighted by Gasteiger charge is -2.23. The minimum atomic E-state index is -0.0205. The zero-order valence-corrected chi connectivity index (χ0v) is 14.2. The lowest BCUT2D eigenvalue weighted by Crippen LogP contribution is -2.39. The van der Waals surface area contributed by atoms with Gasteiger partial charge in [-0.3, -0.25) is 4.79 Å². The Balaban J connectivity index is 0.00000242. The molecular weight excluding hydrogens is 300 g/mol. The van der Waals surface area contributed by atoms with Gasteiger partial charge in [-0.2, -0.15) is 5.10 Å². The van der Waals surface area contributed by atoms with E-state index in [1.165, 1.54) is 0 Å². The Labute approximate surface area is 137 Å². The molecule has 5 nitrogen and oxygen atoms in total. The Morgan fingerprint density at radius 3 is 2.36 bits per heavy atom. The highest BCUT2D eigenvalue weighted by Gasteiger charge is 2.16. The van der Waals surface area contributed by atoms with E-state index in [1.54, 1.807) is 11.9 Å². The Hall–Kier alpha value is -1.85. The van der Waals surface area contributed by atoms with E-state index in [0.29, 0.717) is 12.1 Å². The van der Waals surface area contributed by atoms with Crippen LogP contribution < -0.4 is 5.73 Å². The van der Waals surface area contributed by atoms with Gasteiger partial charge < -0.3 is 10.6 Å². The highest BCUT2D eigenvalue weighted by atomic mass is 35.5. The fraction of sp³-hybridized carbons (Fsp3) is 0.375. The number of aryl methyl sites for hydroxylation is 2. The number of aromatic nitrogens is 2. The molecule has 2 rings (SSSR count). The van der Waals surface area contributed by atoms with Crippen molar-refractivity contribution in [3.63, 3.8) is 0 Å². The summed E-state index contributed by atoms with van der Waals surface area (Å²) in [6, 6.07) is 9.52. The number of hydrogen-bond acceptors (Lipinski definition) is 3. The standard InChI is InChI=1S/C16H22N4O.ClH/c1-11-9-12(2)20(18-11)15-7-5-14(6-8-15)16(21)19(4)13(3)10-17;/h5-9,13H,10,17H2,1-4H3;1H. The number of carbonyl (C=O) groups is 1. The predicted octanol–water partition coefficient (Wildman–Crippen LogP) is 2.33. The Morgan fingerprint density at radius 1 is 1.32 bits per heavy atom. The fourth-order valence-electron chi connectivity index (χ4n) is 2.20. The van der Waals surface area contributed by atoms with Crippen LogP contribution in [0.1, 0.15) is 28.7 Å². The Kier molecular flexibility index (Phi) is 6.14. The van der Waals surface area contributed by atoms with Crippen molar-refractivity contribution < 1.29 is 4.79 Å². The SMILES string of the molecule is Cc1cc(C)n(-c2ccc(C(=O)N(C)C(C)CN)cc2)n1.Cl. The first kappa shape index (κ1) is 18.2. The van der Waals surface area contributed by atoms with Gasteiger partial charge in [0.2, 0.25) is 0 Å². The van der Waals surface area contributed by atoms with Crippen LogP contribution in [0.5, 0.6) is 0 Å². The first-order valence-corrected chi connectivity index (χ1v) is 7.05. The number of hydrogen-bond donors (Lipinski definition) is 1. The number of halogens is 1. The maximum atomic E-state index is 12.3. The average molecular weight is 323 g/mol. The van der Waals surface area contributed by atoms with E-state index in [1.807, 2.05) is 55.8 Å². The molecule has 1 aromatic carbocycles. The van der Waals surface area contributed by atoms with Crippen LogP contribution in [0.15, 0.2) is 30.3 Å². The highest BCUT2D eigenvalue weighted by Crippen LogP contribution is 2.14. The molecule has 0 bridgehead atoms. The van der Waals surface area contributed by atoms with Crippen LogP contribution in [-0.4, -0.2) is 40.2 Å². The van der Waals surface area contributed by atoms with Gasteiger partial charge in [-0.25, -0.2) is 4.68 Å². The number of benzene rings is 1. The first-order chi connectivity index (χ1) is 9.93. The van der Waals surface area contributed by atoms with Crippen LogP contribution in [0.4, 0.5) is 0 Å². The largest absolute Gasteiger partial charge is 0.338 e. The third kappa shape index (κ3) is 3.67. The van der Waals surface area contributed by atoms with Crippen molar-refractivity contribution in [2.24, 2.45) is 5.73 Å². The molecule has 0 saturated carbocycles. The van der Waals surface area contributed by atoms with Crippen molar-refractivity contribution >= 4 is 18.3 Å². The van der Waals surface area contributed by atoms with Crippen LogP contribution in [0.3, 0.4) is 0 Å². The van der Waals surface area contributed by atoms with Gasteiger partial charge in [-0.05, 0) is 51.1 Å². The number of likely N-dealkylation sites (N-methyl/N-ethyl adjacent to an activating group) is 1. The maximum absolute atomic E-state index is 12.3. The topological polar surface area (TPSA) is 64.2 Å². The van der Waals surface area contributed by atoms with Crippen molar-refractivity contribution in [2.45, 2.75) is 26.8 Å². The summed E-state index contributed by atoms with van der Waals surface area (Å²) in [6.07, 6.45) is 0. The normalized spacial score (nSPS) is 11.7. The molecule has 0 spiro atoms. The van der Waals surface area contributed by atoms with Gasteiger partial charge in [0.15, 0.2) is 0 Å². The quantitative estimate of drug-likeness (QED) is 0.939. The average Bonchev–Trinajstić information content (AvgIpc) is 2.83. The van der Waals surface area contributed by atoms with E-state index >= 15 is 0 Å². The number of nitrogens with two attached hydrogens (primary N) is 1. The molecule has 22 heavy (non-hydrogen) atoms. The van der Waals surface area contributed by atoms with Crippen LogP contribution in [0, 0.1) is 13.8 Å². The lowest BCUT2D eigenvalue weighted by atomic mass is 10.1. The zero-order valence-electron chi connectivity index (χ0n) is 13.4. The summed E-state index contributed by atoms with van der Waals surface area (Å²) >= 11 is 0. The van der Waals surface area contributed by atoms with E-state index in [9.17, 15) is 4.79 Å². The van der Waals surface area contributed by atoms with Gasteiger partial charge in [0, 0.05) is 30.9 Å². The van der Waals surface area contributed by atoms with E-state index in [-0.39, 0.29) is 24.4 Å². The van der Waals surface area contributed by atoms with Crippen molar-refractivity contribution in [3.05, 3.63) is 47.3 Å². The summed E-state index contributed by atoms with van der Waals surface area (Å²) in [6.45, 7) is 6.36. The second-order valence-electron chi connectivity index (χ2n) is 5.39. The summed E-state index contributed by atoms with van der Waals surface area (Å²) in [7, 11) is 1.77. The molecule has 0 fully saturated rings. The van der Waals surface area contributed by atoms with Gasteiger partial charge in [0.05, 0.1) is 11.4 Å². The van der Waals surface area contributed by atoms with Crippen LogP contribution in [-0.2, 0) is 0 Å². The van der Waals surface area contributed by atoms with Gasteiger partial charge in [0.1, 0.15) is 0 Å². The zero-order chi connectivity index (χ0) is 15.6. The van der Waals surface area contributed by atoms with Gasteiger partial charge in [-0.1, -0.05) is 0 Å². The summed E-state index contributed by atoms with van der Waals surface area (Å²) in [5.41, 5.74) is 9.25. The number of amides is 1. The molecular formula is C16H23ClN4O. The molecule has 0 saturated heterocycles. The van der Waals surface area contributed by atoms with Gasteiger partial charge in [0.25, 0.3) is 5.91 Å². The second-order valence-corrected chi connectivity index (χ2v) is 5.39. The molecule has 1 unspecified atom stereocenters. The summed E-state index contributed by atoms with van der Waals surface area (Å²) < 4.78 is 1.87. The maximum Gasteiger partial charge on any atom is 0.253 e. The molecule has 2 aromatic rings. The molecule has 0 aliphatic heterocycles. The Bertz CT molecular complexity index is 636. The van der Waals surface area contributed by atoms with Crippen LogP contribution in [0.25, 0.3) is 5.69 Å². The van der Waals surface area contributed by atoms with Crippen molar-refractivity contribution in [2.75, 3.05) is 13.6 Å². The van der Waals surface area contributed by atoms with Crippen LogP contribution >= 0.6 is 12.4 Å². The van der Waals surface area contributed by atoms with Crippen molar-refractivity contribution in [1.82, 2.24) is 14.7 Å². The summed E-state index contributed by atoms with van der Waals surface area (Å²) in [5.74, 6) is -0.0205. The molecule has 0 radical (unpaired) electrons. The van der Waals surface area contributed by atoms with Gasteiger partial charge >= 0.3 is 0 Å². The Morgan fingerprint density at radius 2 is 1.91 bits per heavy atom. The molecule has 2 N–H and O–H groups in total. The molecule has 120 valence electrons. The summed E-state index contributed by atoms with van der Waals surface area (Å²) in [4.78, 5) is 14.0. The molecule has 6 heteroatoms. The number of nitrogens with zero attached hydrogens (tertiary/aromatic N) is 3. The molecule has 1 heterocycles. The smallest absolute Gasteiger partial charge is 0.253 e. The summed E-state index contributed by atoms with van der Waals surface area (Å²) in [5, 5.41) is 4.44. The number of carbonyl (C=O) groups excluding carboxylic acids is 1. The molecule has 1 aromatic heterocycles. The first-order valence-electron chi connectivity index (χ1n) is 7.05. The molecule has 0 aliphatic carbocycles. The van der Waals surface area contributed by atoms with E-state index in [4.69, 9.17) is 5.73 Å². The van der Waals surface area contributed by atoms with Gasteiger partial charge in [-0.15, -0.1) is 12.4 Å². The third-order valence-corrected chi connectivity index (χ3v) is 3.69.